The van der Waals surface area contributed by atoms with Gasteiger partial charge in [-0.25, -0.2) is 0 Å². The van der Waals surface area contributed by atoms with Gasteiger partial charge in [-0.1, -0.05) is 49.6 Å². The Kier molecular flexibility index (Phi) is 6.96. The minimum Gasteiger partial charge on any atom is -0.465 e. The lowest BCUT2D eigenvalue weighted by molar-refractivity contribution is -0.156. The highest BCUT2D eigenvalue weighted by atomic mass is 35.5. The molecule has 6 nitrogen and oxygen atoms in total. The maximum atomic E-state index is 13.1. The molecule has 1 fully saturated rings. The molecule has 2 heterocycles. The average molecular weight is 461 g/mol. The van der Waals surface area contributed by atoms with Gasteiger partial charge in [0, 0.05) is 17.6 Å². The average Bonchev–Trinajstić information content (AvgIpc) is 3.01. The van der Waals surface area contributed by atoms with Gasteiger partial charge in [0.15, 0.2) is 5.60 Å². The number of Topliss-reactive ketones (excluding diaryl/α,β-unsaturated/α-hetero) is 2. The van der Waals surface area contributed by atoms with Gasteiger partial charge < -0.3 is 14.6 Å². The fraction of sp³-hybridized carbons (Fsp3) is 0.480. The van der Waals surface area contributed by atoms with Crippen molar-refractivity contribution in [3.63, 3.8) is 0 Å². The van der Waals surface area contributed by atoms with E-state index in [1.54, 1.807) is 12.2 Å². The number of hydrogen-bond donors (Lipinski definition) is 1. The molecule has 0 spiro atoms. The molecule has 3 rings (SSSR count). The van der Waals surface area contributed by atoms with Gasteiger partial charge in [0.1, 0.15) is 17.5 Å². The maximum Gasteiger partial charge on any atom is 0.318 e. The summed E-state index contributed by atoms with van der Waals surface area (Å²) in [4.78, 5) is 38.5. The van der Waals surface area contributed by atoms with Gasteiger partial charge >= 0.3 is 5.97 Å². The zero-order valence-electron chi connectivity index (χ0n) is 19.0. The first-order valence-corrected chi connectivity index (χ1v) is 11.2. The number of carbonyl (C=O) groups excluding carboxylic acids is 3. The van der Waals surface area contributed by atoms with Crippen molar-refractivity contribution >= 4 is 29.1 Å². The van der Waals surface area contributed by atoms with E-state index in [9.17, 15) is 19.5 Å². The highest BCUT2D eigenvalue weighted by molar-refractivity contribution is 6.45. The first-order valence-electron chi connectivity index (χ1n) is 10.8. The monoisotopic (exact) mass is 460 g/mol. The Morgan fingerprint density at radius 3 is 2.66 bits per heavy atom. The molecule has 0 amide bonds. The number of allylic oxidation sites excluding steroid dienone is 6. The fourth-order valence-corrected chi connectivity index (χ4v) is 4.69. The Bertz CT molecular complexity index is 996. The van der Waals surface area contributed by atoms with E-state index in [1.165, 1.54) is 20.1 Å². The van der Waals surface area contributed by atoms with Gasteiger partial charge in [-0.05, 0) is 38.8 Å². The minimum absolute atomic E-state index is 0.0625. The van der Waals surface area contributed by atoms with Gasteiger partial charge in [-0.3, -0.25) is 14.4 Å². The van der Waals surface area contributed by atoms with Crippen LogP contribution >= 0.6 is 11.6 Å². The predicted octanol–water partition coefficient (Wildman–Crippen LogP) is 4.30. The summed E-state index contributed by atoms with van der Waals surface area (Å²) < 4.78 is 11.2. The van der Waals surface area contributed by atoms with Crippen LogP contribution in [-0.4, -0.2) is 34.3 Å². The van der Waals surface area contributed by atoms with Gasteiger partial charge in [-0.2, -0.15) is 0 Å². The zero-order valence-corrected chi connectivity index (χ0v) is 19.7. The number of carbonyl (C=O) groups is 3. The molecule has 0 saturated carbocycles. The highest BCUT2D eigenvalue weighted by Gasteiger charge is 2.64. The van der Waals surface area contributed by atoms with Crippen LogP contribution in [0.2, 0.25) is 0 Å². The van der Waals surface area contributed by atoms with E-state index in [1.807, 2.05) is 13.0 Å². The van der Waals surface area contributed by atoms with Crippen molar-refractivity contribution in [2.75, 3.05) is 0 Å². The summed E-state index contributed by atoms with van der Waals surface area (Å²) >= 11 is 6.41. The number of rotatable bonds is 7. The highest BCUT2D eigenvalue weighted by Crippen LogP contribution is 2.52. The van der Waals surface area contributed by atoms with Gasteiger partial charge in [-0.15, -0.1) is 0 Å². The summed E-state index contributed by atoms with van der Waals surface area (Å²) in [5.41, 5.74) is 0.366. The number of halogens is 1. The van der Waals surface area contributed by atoms with Gasteiger partial charge in [0.2, 0.25) is 5.78 Å². The normalized spacial score (nSPS) is 29.7. The molecule has 5 atom stereocenters. The first kappa shape index (κ1) is 24.2. The van der Waals surface area contributed by atoms with Crippen LogP contribution in [0.25, 0.3) is 0 Å². The molecule has 0 aromatic rings. The van der Waals surface area contributed by atoms with E-state index >= 15 is 0 Å². The SMILES string of the molecule is CCC(C)/C=C(C)/C=C/C1=CC2=C(Cl)C(=O)[C@@]3(C)OC(=O)[C@H](C(=O)CC(C)O)[C@H]3C2=CO1. The van der Waals surface area contributed by atoms with Crippen LogP contribution < -0.4 is 0 Å². The molecule has 0 aromatic heterocycles. The Morgan fingerprint density at radius 2 is 2.03 bits per heavy atom. The molecule has 1 N–H and O–H groups in total. The number of fused-ring (bicyclic) bond motifs is 3. The van der Waals surface area contributed by atoms with Crippen molar-refractivity contribution in [3.05, 3.63) is 58.1 Å². The van der Waals surface area contributed by atoms with Gasteiger partial charge in [0.25, 0.3) is 0 Å². The van der Waals surface area contributed by atoms with E-state index in [2.05, 4.69) is 19.9 Å². The number of ketones is 2. The minimum atomic E-state index is -1.59. The maximum absolute atomic E-state index is 13.1. The summed E-state index contributed by atoms with van der Waals surface area (Å²) in [5, 5.41) is 9.57. The second-order valence-corrected chi connectivity index (χ2v) is 9.30. The summed E-state index contributed by atoms with van der Waals surface area (Å²) in [6.07, 6.45) is 8.83. The first-order chi connectivity index (χ1) is 15.0. The predicted molar refractivity (Wildman–Crippen MR) is 120 cm³/mol. The molecule has 0 bridgehead atoms. The van der Waals surface area contributed by atoms with Crippen molar-refractivity contribution in [2.24, 2.45) is 17.8 Å². The second kappa shape index (κ2) is 9.20. The van der Waals surface area contributed by atoms with Crippen LogP contribution in [0.15, 0.2) is 58.1 Å². The zero-order chi connectivity index (χ0) is 23.8. The number of ether oxygens (including phenoxy) is 2. The second-order valence-electron chi connectivity index (χ2n) is 8.93. The molecule has 1 aliphatic carbocycles. The molecule has 3 aliphatic rings. The van der Waals surface area contributed by atoms with Gasteiger partial charge in [0.05, 0.1) is 23.3 Å². The topological polar surface area (TPSA) is 89.9 Å². The number of aliphatic hydroxyl groups is 1. The van der Waals surface area contributed by atoms with Crippen molar-refractivity contribution in [2.45, 2.75) is 59.2 Å². The van der Waals surface area contributed by atoms with E-state index in [0.717, 1.165) is 12.0 Å². The molecular formula is C25H29ClO6. The fourth-order valence-electron chi connectivity index (χ4n) is 4.34. The lowest BCUT2D eigenvalue weighted by Crippen LogP contribution is -2.48. The van der Waals surface area contributed by atoms with Crippen LogP contribution in [0.4, 0.5) is 0 Å². The van der Waals surface area contributed by atoms with Crippen LogP contribution in [0.3, 0.4) is 0 Å². The molecule has 172 valence electrons. The number of esters is 1. The smallest absolute Gasteiger partial charge is 0.318 e. The van der Waals surface area contributed by atoms with E-state index < -0.39 is 41.1 Å². The Labute approximate surface area is 193 Å². The standard InChI is InChI=1S/C25H29ClO6/c1-6-13(2)9-14(3)7-8-16-11-17-18(12-31-16)21-20(19(28)10-15(4)27)24(30)32-25(21,5)23(29)22(17)26/h7-9,11-13,15,20-21,27H,6,10H2,1-5H3/b8-7+,14-9+/t13?,15?,20-,21-,25+/m1/s1. The number of aliphatic hydroxyl groups excluding tert-OH is 1. The summed E-state index contributed by atoms with van der Waals surface area (Å²) in [6.45, 7) is 9.19. The molecule has 0 aromatic carbocycles. The third kappa shape index (κ3) is 4.39. The van der Waals surface area contributed by atoms with E-state index in [0.29, 0.717) is 22.8 Å². The van der Waals surface area contributed by atoms with Crippen molar-refractivity contribution in [1.82, 2.24) is 0 Å². The molecule has 2 unspecified atom stereocenters. The van der Waals surface area contributed by atoms with Crippen LogP contribution in [0, 0.1) is 17.8 Å². The quantitative estimate of drug-likeness (QED) is 0.346. The lowest BCUT2D eigenvalue weighted by atomic mass is 9.67. The number of hydrogen-bond acceptors (Lipinski definition) is 6. The third-order valence-corrected chi connectivity index (χ3v) is 6.56. The Hall–Kier alpha value is -2.44. The molecule has 2 aliphatic heterocycles. The molecular weight excluding hydrogens is 432 g/mol. The van der Waals surface area contributed by atoms with Crippen LogP contribution in [0.1, 0.15) is 47.5 Å². The Balaban J connectivity index is 1.97. The lowest BCUT2D eigenvalue weighted by Gasteiger charge is -2.36. The summed E-state index contributed by atoms with van der Waals surface area (Å²) in [6, 6.07) is 0. The largest absolute Gasteiger partial charge is 0.465 e. The van der Waals surface area contributed by atoms with E-state index in [-0.39, 0.29) is 11.5 Å². The van der Waals surface area contributed by atoms with Crippen LogP contribution in [-0.2, 0) is 23.9 Å². The van der Waals surface area contributed by atoms with Crippen molar-refractivity contribution < 1.29 is 29.0 Å². The summed E-state index contributed by atoms with van der Waals surface area (Å²) in [5.74, 6) is -2.97. The molecule has 32 heavy (non-hydrogen) atoms. The summed E-state index contributed by atoms with van der Waals surface area (Å²) in [7, 11) is 0. The Morgan fingerprint density at radius 1 is 1.34 bits per heavy atom. The molecule has 0 radical (unpaired) electrons. The molecule has 1 saturated heterocycles. The van der Waals surface area contributed by atoms with Crippen LogP contribution in [0.5, 0.6) is 0 Å². The van der Waals surface area contributed by atoms with E-state index in [4.69, 9.17) is 21.1 Å². The van der Waals surface area contributed by atoms with Crippen molar-refractivity contribution in [3.8, 4) is 0 Å². The molecule has 7 heteroatoms. The van der Waals surface area contributed by atoms with Crippen molar-refractivity contribution in [1.29, 1.82) is 0 Å². The third-order valence-electron chi connectivity index (χ3n) is 6.18.